The van der Waals surface area contributed by atoms with Crippen molar-refractivity contribution < 1.29 is 19.0 Å². The van der Waals surface area contributed by atoms with E-state index in [2.05, 4.69) is 143 Å². The molecule has 1 aliphatic heterocycles. The fourth-order valence-corrected chi connectivity index (χ4v) is 17.4. The molecule has 0 amide bonds. The topological polar surface area (TPSA) is 47.9 Å². The molecular weight excluding hydrogens is 657 g/mol. The zero-order valence-electron chi connectivity index (χ0n) is 34.3. The quantitative estimate of drug-likeness (QED) is 0.217. The van der Waals surface area contributed by atoms with E-state index < -0.39 is 14.1 Å². The van der Waals surface area contributed by atoms with Crippen LogP contribution in [0.3, 0.4) is 0 Å². The molecule has 12 atom stereocenters. The lowest BCUT2D eigenvalue weighted by Gasteiger charge is -2.62. The summed E-state index contributed by atoms with van der Waals surface area (Å²) in [5.74, 6) is 2.53. The van der Waals surface area contributed by atoms with Gasteiger partial charge in [0.05, 0.1) is 18.3 Å². The van der Waals surface area contributed by atoms with E-state index in [1.165, 1.54) is 29.6 Å². The zero-order chi connectivity index (χ0) is 37.4. The van der Waals surface area contributed by atoms with Crippen LogP contribution in [0.1, 0.15) is 121 Å². The first-order chi connectivity index (χ1) is 24.4. The molecule has 1 N–H and O–H groups in total. The summed E-state index contributed by atoms with van der Waals surface area (Å²) >= 11 is 0. The van der Waals surface area contributed by atoms with Crippen LogP contribution in [-0.2, 0) is 13.9 Å². The number of benzene rings is 2. The second-order valence-electron chi connectivity index (χ2n) is 20.3. The van der Waals surface area contributed by atoms with Gasteiger partial charge in [0.2, 0.25) is 0 Å². The summed E-state index contributed by atoms with van der Waals surface area (Å²) in [6, 6.07) is 22.2. The van der Waals surface area contributed by atoms with Crippen molar-refractivity contribution in [3.05, 3.63) is 72.3 Å². The van der Waals surface area contributed by atoms with Crippen molar-refractivity contribution in [2.45, 2.75) is 156 Å². The van der Waals surface area contributed by atoms with Gasteiger partial charge in [-0.15, -0.1) is 0 Å². The van der Waals surface area contributed by atoms with E-state index in [0.29, 0.717) is 35.5 Å². The number of aliphatic hydroxyl groups is 1. The highest BCUT2D eigenvalue weighted by Gasteiger charge is 2.62. The molecule has 4 nitrogen and oxygen atoms in total. The van der Waals surface area contributed by atoms with Gasteiger partial charge in [0.15, 0.2) is 5.79 Å². The summed E-state index contributed by atoms with van der Waals surface area (Å²) in [5, 5.41) is 15.0. The molecule has 1 heterocycles. The largest absolute Gasteiger partial charge is 0.404 e. The third kappa shape index (κ3) is 6.25. The molecule has 1 saturated heterocycles. The number of rotatable bonds is 8. The molecule has 0 unspecified atom stereocenters. The summed E-state index contributed by atoms with van der Waals surface area (Å²) < 4.78 is 21.1. The van der Waals surface area contributed by atoms with Gasteiger partial charge in [0, 0.05) is 12.0 Å². The van der Waals surface area contributed by atoms with Crippen LogP contribution in [-0.4, -0.2) is 43.6 Å². The Balaban J connectivity index is 1.12. The fraction of sp³-hybridized carbons (Fsp3) is 0.702. The van der Waals surface area contributed by atoms with Gasteiger partial charge in [0.1, 0.15) is 0 Å². The van der Waals surface area contributed by atoms with Gasteiger partial charge in [-0.05, 0) is 121 Å². The molecule has 0 bridgehead atoms. The zero-order valence-corrected chi connectivity index (χ0v) is 35.3. The second-order valence-corrected chi connectivity index (χ2v) is 24.6. The van der Waals surface area contributed by atoms with E-state index in [1.807, 2.05) is 0 Å². The second kappa shape index (κ2) is 13.8. The number of hydrogen-bond donors (Lipinski definition) is 1. The first-order valence-electron chi connectivity index (χ1n) is 21.0. The lowest BCUT2D eigenvalue weighted by Crippen LogP contribution is -2.68. The van der Waals surface area contributed by atoms with Crippen LogP contribution in [0.5, 0.6) is 0 Å². The Morgan fingerprint density at radius 3 is 1.98 bits per heavy atom. The van der Waals surface area contributed by atoms with Crippen LogP contribution in [0.25, 0.3) is 0 Å². The lowest BCUT2D eigenvalue weighted by molar-refractivity contribution is -0.157. The molecule has 2 aromatic carbocycles. The molecule has 52 heavy (non-hydrogen) atoms. The smallest absolute Gasteiger partial charge is 0.261 e. The first-order valence-corrected chi connectivity index (χ1v) is 22.9. The molecule has 4 fully saturated rings. The molecule has 7 rings (SSSR count). The van der Waals surface area contributed by atoms with Crippen LogP contribution >= 0.6 is 0 Å². The van der Waals surface area contributed by atoms with Crippen molar-refractivity contribution in [1.29, 1.82) is 0 Å². The van der Waals surface area contributed by atoms with Gasteiger partial charge in [-0.2, -0.15) is 0 Å². The van der Waals surface area contributed by atoms with E-state index in [9.17, 15) is 5.11 Å². The number of allylic oxidation sites excluding steroid dienone is 1. The van der Waals surface area contributed by atoms with Gasteiger partial charge in [-0.3, -0.25) is 0 Å². The first kappa shape index (κ1) is 38.5. The van der Waals surface area contributed by atoms with E-state index in [0.717, 1.165) is 25.7 Å². The van der Waals surface area contributed by atoms with Crippen molar-refractivity contribution in [2.24, 2.45) is 52.3 Å². The van der Waals surface area contributed by atoms with Gasteiger partial charge >= 0.3 is 0 Å². The van der Waals surface area contributed by atoms with Crippen molar-refractivity contribution in [3.8, 4) is 0 Å². The molecule has 4 aliphatic carbocycles. The van der Waals surface area contributed by atoms with Crippen LogP contribution in [0, 0.1) is 52.3 Å². The summed E-state index contributed by atoms with van der Waals surface area (Å²) in [6.07, 6.45) is 10.4. The Bertz CT molecular complexity index is 1540. The summed E-state index contributed by atoms with van der Waals surface area (Å²) in [4.78, 5) is 0. The number of fused-ring (bicyclic) bond motifs is 5. The molecule has 286 valence electrons. The molecular formula is C47H70O4Si. The molecule has 0 spiro atoms. The summed E-state index contributed by atoms with van der Waals surface area (Å²) in [5.41, 5.74) is 1.88. The van der Waals surface area contributed by atoms with Crippen LogP contribution in [0.2, 0.25) is 5.04 Å². The lowest BCUT2D eigenvalue weighted by atomic mass is 9.45. The van der Waals surface area contributed by atoms with E-state index in [4.69, 9.17) is 13.9 Å². The third-order valence-electron chi connectivity index (χ3n) is 15.8. The highest BCUT2D eigenvalue weighted by molar-refractivity contribution is 6.99. The molecule has 5 heteroatoms. The Morgan fingerprint density at radius 2 is 1.40 bits per heavy atom. The molecule has 3 saturated carbocycles. The van der Waals surface area contributed by atoms with Gasteiger partial charge < -0.3 is 19.0 Å². The highest BCUT2D eigenvalue weighted by atomic mass is 28.4. The molecule has 0 radical (unpaired) electrons. The Hall–Kier alpha value is -1.76. The average Bonchev–Trinajstić information content (AvgIpc) is 3.63. The Labute approximate surface area is 317 Å². The van der Waals surface area contributed by atoms with Crippen molar-refractivity contribution in [3.63, 3.8) is 0 Å². The normalized spacial score (nSPS) is 38.6. The van der Waals surface area contributed by atoms with E-state index in [1.54, 1.807) is 5.57 Å². The van der Waals surface area contributed by atoms with Gasteiger partial charge in [-0.25, -0.2) is 0 Å². The minimum atomic E-state index is -2.65. The molecule has 5 aliphatic rings. The fourth-order valence-electron chi connectivity index (χ4n) is 12.6. The van der Waals surface area contributed by atoms with Crippen LogP contribution < -0.4 is 10.4 Å². The maximum absolute atomic E-state index is 12.3. The van der Waals surface area contributed by atoms with Crippen LogP contribution in [0.4, 0.5) is 0 Å². The molecule has 2 aromatic rings. The van der Waals surface area contributed by atoms with E-state index in [-0.39, 0.29) is 46.2 Å². The van der Waals surface area contributed by atoms with Crippen molar-refractivity contribution >= 4 is 18.7 Å². The highest BCUT2D eigenvalue weighted by Crippen LogP contribution is 2.67. The summed E-state index contributed by atoms with van der Waals surface area (Å²) in [7, 11) is -2.65. The van der Waals surface area contributed by atoms with Crippen molar-refractivity contribution in [1.82, 2.24) is 0 Å². The molecule has 0 aromatic heterocycles. The Morgan fingerprint density at radius 1 is 0.808 bits per heavy atom. The summed E-state index contributed by atoms with van der Waals surface area (Å²) in [6.45, 7) is 25.9. The maximum atomic E-state index is 12.3. The minimum Gasteiger partial charge on any atom is -0.404 e. The van der Waals surface area contributed by atoms with Crippen LogP contribution in [0.15, 0.2) is 72.3 Å². The van der Waals surface area contributed by atoms with Gasteiger partial charge in [-0.1, -0.05) is 135 Å². The average molecular weight is 727 g/mol. The monoisotopic (exact) mass is 727 g/mol. The van der Waals surface area contributed by atoms with Crippen molar-refractivity contribution in [2.75, 3.05) is 0 Å². The minimum absolute atomic E-state index is 0.0393. The number of aliphatic hydroxyl groups excluding tert-OH is 1. The standard InChI is InChI=1S/C47H70O4Si/c1-30(2)31(3)42-43(50-45(8,9)49-42)32(4)37-22-23-38-41-39(25-27-47(37,38)11)46(10)26-24-34(28-33(46)29-40(41)48)51-52(44(5,6)7,35-18-14-12-15-19-35)36-20-16-13-17-21-36/h12-21,23,30-34,37,39-43,48H,22,24-29H2,1-11H3/t31-,32+,33+,34-,37-,39+,40+,41+,42+,43+,46+,47-/m1/s1. The number of ether oxygens (including phenoxy) is 2. The SMILES string of the molecule is CC(C)[C@@H](C)[C@@H]1OC(C)(C)O[C@H]1[C@@H](C)[C@H]1CC=C2[C@@H]3[C@@H](O)C[C@@H]4C[C@H](O[Si](c5ccccc5)(c5ccccc5)C(C)(C)C)CC[C@]4(C)[C@H]3CC[C@@]21C. The van der Waals surface area contributed by atoms with Gasteiger partial charge in [0.25, 0.3) is 8.32 Å². The third-order valence-corrected chi connectivity index (χ3v) is 20.8. The predicted octanol–water partition coefficient (Wildman–Crippen LogP) is 9.93. The Kier molecular flexibility index (Phi) is 10.2. The predicted molar refractivity (Wildman–Crippen MR) is 216 cm³/mol. The number of hydrogen-bond acceptors (Lipinski definition) is 4. The van der Waals surface area contributed by atoms with E-state index >= 15 is 0 Å². The maximum Gasteiger partial charge on any atom is 0.261 e.